The normalized spacial score (nSPS) is 10.6. The van der Waals surface area contributed by atoms with E-state index in [2.05, 4.69) is 21.9 Å². The number of nitrogens with one attached hydrogen (secondary N) is 2. The Labute approximate surface area is 126 Å². The van der Waals surface area contributed by atoms with Crippen molar-refractivity contribution in [3.05, 3.63) is 60.6 Å². The number of hydrogen-bond donors (Lipinski definition) is 2. The molecule has 0 saturated heterocycles. The van der Waals surface area contributed by atoms with Crippen LogP contribution >= 0.6 is 0 Å². The van der Waals surface area contributed by atoms with Crippen LogP contribution in [0.3, 0.4) is 0 Å². The Morgan fingerprint density at radius 1 is 1.23 bits per heavy atom. The summed E-state index contributed by atoms with van der Waals surface area (Å²) in [5.74, 6) is -0.240. The van der Waals surface area contributed by atoms with Gasteiger partial charge < -0.3 is 4.98 Å². The average molecular weight is 295 g/mol. The van der Waals surface area contributed by atoms with E-state index in [0.717, 1.165) is 10.9 Å². The lowest BCUT2D eigenvalue weighted by Crippen LogP contribution is -2.12. The van der Waals surface area contributed by atoms with Crippen LogP contribution < -0.4 is 5.32 Å². The number of fused-ring (bicyclic) bond motifs is 1. The van der Waals surface area contributed by atoms with E-state index in [-0.39, 0.29) is 11.7 Å². The molecule has 3 rings (SSSR count). The van der Waals surface area contributed by atoms with Crippen molar-refractivity contribution in [3.63, 3.8) is 0 Å². The first-order valence-electron chi connectivity index (χ1n) is 6.76. The monoisotopic (exact) mass is 295 g/mol. The van der Waals surface area contributed by atoms with Crippen molar-refractivity contribution in [1.29, 1.82) is 0 Å². The highest BCUT2D eigenvalue weighted by atomic mass is 19.1. The van der Waals surface area contributed by atoms with E-state index in [4.69, 9.17) is 0 Å². The zero-order valence-corrected chi connectivity index (χ0v) is 12.0. The summed E-state index contributed by atoms with van der Waals surface area (Å²) in [5, 5.41) is 3.94. The molecule has 110 valence electrons. The second-order valence-corrected chi connectivity index (χ2v) is 5.02. The summed E-state index contributed by atoms with van der Waals surface area (Å²) in [5.41, 5.74) is 1.92. The number of rotatable bonds is 3. The Hall–Kier alpha value is -2.95. The van der Waals surface area contributed by atoms with Gasteiger partial charge in [-0.1, -0.05) is 30.8 Å². The Balaban J connectivity index is 2.02. The number of amides is 1. The number of nitrogens with zero attached hydrogens (tertiary/aromatic N) is 1. The summed E-state index contributed by atoms with van der Waals surface area (Å²) in [7, 11) is 0. The molecule has 0 spiro atoms. The van der Waals surface area contributed by atoms with Crippen molar-refractivity contribution in [2.24, 2.45) is 0 Å². The fourth-order valence-electron chi connectivity index (χ4n) is 2.23. The number of imidazole rings is 1. The second kappa shape index (κ2) is 5.44. The van der Waals surface area contributed by atoms with Crippen molar-refractivity contribution < 1.29 is 9.18 Å². The number of anilines is 1. The van der Waals surface area contributed by atoms with Crippen molar-refractivity contribution in [2.45, 2.75) is 6.92 Å². The number of halogens is 1. The molecule has 22 heavy (non-hydrogen) atoms. The zero-order valence-electron chi connectivity index (χ0n) is 12.0. The maximum absolute atomic E-state index is 13.9. The molecule has 0 unspecified atom stereocenters. The molecule has 0 bridgehead atoms. The fraction of sp³-hybridized carbons (Fsp3) is 0.0588. The molecule has 0 atom stereocenters. The van der Waals surface area contributed by atoms with Crippen LogP contribution in [0.5, 0.6) is 0 Å². The number of aromatic nitrogens is 2. The van der Waals surface area contributed by atoms with Crippen LogP contribution in [0.25, 0.3) is 22.0 Å². The van der Waals surface area contributed by atoms with Gasteiger partial charge in [-0.05, 0) is 24.4 Å². The number of hydrogen-bond acceptors (Lipinski definition) is 2. The fourth-order valence-corrected chi connectivity index (χ4v) is 2.23. The maximum atomic E-state index is 13.9. The van der Waals surface area contributed by atoms with E-state index < -0.39 is 0 Å². The molecule has 4 nitrogen and oxygen atoms in total. The van der Waals surface area contributed by atoms with E-state index in [1.54, 1.807) is 31.3 Å². The SMILES string of the molecule is C=C(C)C(=O)Nc1ncc(-c2ccc(F)c3ccccc23)[nH]1. The van der Waals surface area contributed by atoms with E-state index in [1.165, 1.54) is 6.07 Å². The quantitative estimate of drug-likeness (QED) is 0.720. The van der Waals surface area contributed by atoms with E-state index in [0.29, 0.717) is 22.6 Å². The molecule has 5 heteroatoms. The minimum absolute atomic E-state index is 0.269. The molecule has 0 aliphatic carbocycles. The van der Waals surface area contributed by atoms with Gasteiger partial charge in [0.15, 0.2) is 0 Å². The third-order valence-corrected chi connectivity index (χ3v) is 3.36. The van der Waals surface area contributed by atoms with E-state index in [1.807, 2.05) is 12.1 Å². The summed E-state index contributed by atoms with van der Waals surface area (Å²) in [6, 6.07) is 10.3. The molecular formula is C17H14FN3O. The van der Waals surface area contributed by atoms with Gasteiger partial charge in [-0.2, -0.15) is 0 Å². The van der Waals surface area contributed by atoms with Gasteiger partial charge in [-0.25, -0.2) is 9.37 Å². The predicted molar refractivity (Wildman–Crippen MR) is 84.9 cm³/mol. The lowest BCUT2D eigenvalue weighted by atomic mass is 10.0. The topological polar surface area (TPSA) is 57.8 Å². The average Bonchev–Trinajstić information content (AvgIpc) is 2.96. The van der Waals surface area contributed by atoms with Gasteiger partial charge in [0.25, 0.3) is 5.91 Å². The van der Waals surface area contributed by atoms with Crippen molar-refractivity contribution in [3.8, 4) is 11.3 Å². The highest BCUT2D eigenvalue weighted by molar-refractivity contribution is 6.02. The van der Waals surface area contributed by atoms with Crippen LogP contribution in [0, 0.1) is 5.82 Å². The van der Waals surface area contributed by atoms with Gasteiger partial charge in [0.2, 0.25) is 5.95 Å². The Morgan fingerprint density at radius 2 is 1.95 bits per heavy atom. The number of aromatic amines is 1. The molecular weight excluding hydrogens is 281 g/mol. The van der Waals surface area contributed by atoms with Gasteiger partial charge in [0.1, 0.15) is 5.82 Å². The number of H-pyrrole nitrogens is 1. The number of benzene rings is 2. The minimum atomic E-state index is -0.301. The molecule has 0 saturated carbocycles. The highest BCUT2D eigenvalue weighted by Crippen LogP contribution is 2.29. The van der Waals surface area contributed by atoms with Gasteiger partial charge >= 0.3 is 0 Å². The van der Waals surface area contributed by atoms with Crippen LogP contribution in [-0.2, 0) is 4.79 Å². The van der Waals surface area contributed by atoms with Crippen molar-refractivity contribution in [1.82, 2.24) is 9.97 Å². The Bertz CT molecular complexity index is 882. The molecule has 0 aliphatic heterocycles. The first-order valence-corrected chi connectivity index (χ1v) is 6.76. The molecule has 3 aromatic rings. The van der Waals surface area contributed by atoms with Crippen LogP contribution in [-0.4, -0.2) is 15.9 Å². The summed E-state index contributed by atoms with van der Waals surface area (Å²) in [6.07, 6.45) is 1.60. The summed E-state index contributed by atoms with van der Waals surface area (Å²) in [6.45, 7) is 5.19. The largest absolute Gasteiger partial charge is 0.324 e. The van der Waals surface area contributed by atoms with Crippen LogP contribution in [0.1, 0.15) is 6.92 Å². The van der Waals surface area contributed by atoms with Crippen LogP contribution in [0.2, 0.25) is 0 Å². The van der Waals surface area contributed by atoms with Crippen molar-refractivity contribution >= 4 is 22.6 Å². The predicted octanol–water partition coefficient (Wildman–Crippen LogP) is 3.88. The van der Waals surface area contributed by atoms with Crippen molar-refractivity contribution in [2.75, 3.05) is 5.32 Å². The Kier molecular flexibility index (Phi) is 3.47. The van der Waals surface area contributed by atoms with Gasteiger partial charge in [0, 0.05) is 16.5 Å². The lowest BCUT2D eigenvalue weighted by Gasteiger charge is -2.05. The third-order valence-electron chi connectivity index (χ3n) is 3.36. The first-order chi connectivity index (χ1) is 10.6. The smallest absolute Gasteiger partial charge is 0.253 e. The lowest BCUT2D eigenvalue weighted by molar-refractivity contribution is -0.112. The van der Waals surface area contributed by atoms with Crippen LogP contribution in [0.4, 0.5) is 10.3 Å². The summed E-state index contributed by atoms with van der Waals surface area (Å²) < 4.78 is 13.9. The Morgan fingerprint density at radius 3 is 2.68 bits per heavy atom. The standard InChI is InChI=1S/C17H14FN3O/c1-10(2)16(22)21-17-19-9-15(20-17)13-7-8-14(18)12-6-4-3-5-11(12)13/h3-9H,1H2,2H3,(H2,19,20,21,22). The van der Waals surface area contributed by atoms with E-state index >= 15 is 0 Å². The van der Waals surface area contributed by atoms with Gasteiger partial charge in [0.05, 0.1) is 11.9 Å². The molecule has 0 radical (unpaired) electrons. The maximum Gasteiger partial charge on any atom is 0.253 e. The number of carbonyl (C=O) groups excluding carboxylic acids is 1. The van der Waals surface area contributed by atoms with E-state index in [9.17, 15) is 9.18 Å². The third kappa shape index (κ3) is 2.48. The van der Waals surface area contributed by atoms with Crippen LogP contribution in [0.15, 0.2) is 54.7 Å². The molecule has 1 aromatic heterocycles. The number of carbonyl (C=O) groups is 1. The summed E-state index contributed by atoms with van der Waals surface area (Å²) >= 11 is 0. The van der Waals surface area contributed by atoms with Gasteiger partial charge in [-0.15, -0.1) is 0 Å². The molecule has 2 aromatic carbocycles. The summed E-state index contributed by atoms with van der Waals surface area (Å²) in [4.78, 5) is 18.7. The molecule has 2 N–H and O–H groups in total. The molecule has 1 amide bonds. The zero-order chi connectivity index (χ0) is 15.7. The second-order valence-electron chi connectivity index (χ2n) is 5.02. The minimum Gasteiger partial charge on any atom is -0.324 e. The first kappa shape index (κ1) is 14.0. The molecule has 0 aliphatic rings. The molecule has 0 fully saturated rings. The highest BCUT2D eigenvalue weighted by Gasteiger charge is 2.11. The molecule has 1 heterocycles. The van der Waals surface area contributed by atoms with Gasteiger partial charge in [-0.3, -0.25) is 10.1 Å².